The zero-order valence-corrected chi connectivity index (χ0v) is 13.5. The lowest BCUT2D eigenvalue weighted by Gasteiger charge is -2.23. The Bertz CT molecular complexity index is 758. The molecule has 2 amide bonds. The van der Waals surface area contributed by atoms with E-state index in [0.29, 0.717) is 0 Å². The molecule has 132 valence electrons. The number of carbonyl (C=O) groups is 2. The summed E-state index contributed by atoms with van der Waals surface area (Å²) >= 11 is 0. The van der Waals surface area contributed by atoms with Gasteiger partial charge in [0.25, 0.3) is 5.91 Å². The van der Waals surface area contributed by atoms with Crippen LogP contribution < -0.4 is 5.32 Å². The number of furan rings is 1. The predicted octanol–water partition coefficient (Wildman–Crippen LogP) is 2.87. The largest absolute Gasteiger partial charge is 0.459 e. The summed E-state index contributed by atoms with van der Waals surface area (Å²) in [5.74, 6) is -1.69. The van der Waals surface area contributed by atoms with Crippen LogP contribution in [0.3, 0.4) is 0 Å². The molecule has 0 radical (unpaired) electrons. The van der Waals surface area contributed by atoms with Crippen LogP contribution in [0.15, 0.2) is 41.0 Å². The van der Waals surface area contributed by atoms with Crippen molar-refractivity contribution in [1.29, 1.82) is 0 Å². The molecule has 0 bridgehead atoms. The van der Waals surface area contributed by atoms with Gasteiger partial charge in [0.2, 0.25) is 5.91 Å². The maximum absolute atomic E-state index is 13.8. The average molecular weight is 348 g/mol. The summed E-state index contributed by atoms with van der Waals surface area (Å²) in [5, 5.41) is 2.61. The van der Waals surface area contributed by atoms with Crippen molar-refractivity contribution in [1.82, 2.24) is 10.2 Å². The highest BCUT2D eigenvalue weighted by molar-refractivity contribution is 5.91. The van der Waals surface area contributed by atoms with Gasteiger partial charge in [0.1, 0.15) is 11.6 Å². The van der Waals surface area contributed by atoms with Crippen molar-refractivity contribution in [2.75, 3.05) is 6.54 Å². The highest BCUT2D eigenvalue weighted by Crippen LogP contribution is 2.29. The lowest BCUT2D eigenvalue weighted by Crippen LogP contribution is -2.35. The Morgan fingerprint density at radius 2 is 2.04 bits per heavy atom. The Balaban J connectivity index is 1.55. The second-order valence-electron chi connectivity index (χ2n) is 5.97. The van der Waals surface area contributed by atoms with Crippen LogP contribution in [0, 0.1) is 11.6 Å². The first-order valence-electron chi connectivity index (χ1n) is 8.09. The predicted molar refractivity (Wildman–Crippen MR) is 85.6 cm³/mol. The summed E-state index contributed by atoms with van der Waals surface area (Å²) in [4.78, 5) is 25.8. The Kier molecular flexibility index (Phi) is 5.11. The number of rotatable bonds is 7. The molecule has 1 saturated carbocycles. The fourth-order valence-corrected chi connectivity index (χ4v) is 2.56. The second kappa shape index (κ2) is 7.46. The number of halogens is 2. The van der Waals surface area contributed by atoms with Crippen molar-refractivity contribution in [3.8, 4) is 0 Å². The van der Waals surface area contributed by atoms with Crippen molar-refractivity contribution in [2.45, 2.75) is 31.8 Å². The lowest BCUT2D eigenvalue weighted by atomic mass is 10.2. The Morgan fingerprint density at radius 1 is 1.24 bits per heavy atom. The van der Waals surface area contributed by atoms with E-state index in [1.165, 1.54) is 24.5 Å². The second-order valence-corrected chi connectivity index (χ2v) is 5.97. The van der Waals surface area contributed by atoms with Crippen molar-refractivity contribution in [3.63, 3.8) is 0 Å². The minimum atomic E-state index is -0.662. The summed E-state index contributed by atoms with van der Waals surface area (Å²) in [6.45, 7) is 0.259. The van der Waals surface area contributed by atoms with E-state index in [9.17, 15) is 18.4 Å². The quantitative estimate of drug-likeness (QED) is 0.837. The van der Waals surface area contributed by atoms with E-state index in [-0.39, 0.29) is 48.7 Å². The van der Waals surface area contributed by atoms with E-state index in [0.717, 1.165) is 18.9 Å². The van der Waals surface area contributed by atoms with Gasteiger partial charge in [-0.05, 0) is 31.0 Å². The first kappa shape index (κ1) is 17.1. The molecular formula is C18H18F2N2O3. The fourth-order valence-electron chi connectivity index (χ4n) is 2.56. The molecule has 0 saturated heterocycles. The molecule has 1 aromatic heterocycles. The van der Waals surface area contributed by atoms with Gasteiger partial charge in [0, 0.05) is 37.2 Å². The van der Waals surface area contributed by atoms with Crippen LogP contribution in [0.25, 0.3) is 0 Å². The number of nitrogens with one attached hydrogen (secondary N) is 1. The number of hydrogen-bond acceptors (Lipinski definition) is 3. The number of hydrogen-bond donors (Lipinski definition) is 1. The van der Waals surface area contributed by atoms with Crippen LogP contribution in [0.4, 0.5) is 8.78 Å². The molecule has 1 fully saturated rings. The molecule has 0 spiro atoms. The van der Waals surface area contributed by atoms with Crippen LogP contribution in [-0.4, -0.2) is 29.3 Å². The summed E-state index contributed by atoms with van der Waals surface area (Å²) in [7, 11) is 0. The molecule has 0 atom stereocenters. The van der Waals surface area contributed by atoms with E-state index in [1.54, 1.807) is 11.0 Å². The molecule has 1 N–H and O–H groups in total. The van der Waals surface area contributed by atoms with Gasteiger partial charge in [-0.3, -0.25) is 9.59 Å². The molecule has 7 heteroatoms. The number of amides is 2. The molecule has 0 unspecified atom stereocenters. The van der Waals surface area contributed by atoms with E-state index >= 15 is 0 Å². The minimum absolute atomic E-state index is 0.0812. The van der Waals surface area contributed by atoms with Crippen molar-refractivity contribution < 1.29 is 22.8 Å². The van der Waals surface area contributed by atoms with Crippen LogP contribution in [0.1, 0.15) is 35.4 Å². The molecule has 0 aliphatic heterocycles. The minimum Gasteiger partial charge on any atom is -0.459 e. The molecule has 25 heavy (non-hydrogen) atoms. The van der Waals surface area contributed by atoms with Crippen LogP contribution >= 0.6 is 0 Å². The third-order valence-electron chi connectivity index (χ3n) is 4.03. The molecule has 1 aliphatic rings. The smallest absolute Gasteiger partial charge is 0.286 e. The van der Waals surface area contributed by atoms with Gasteiger partial charge in [0.15, 0.2) is 5.76 Å². The Hall–Kier alpha value is -2.70. The van der Waals surface area contributed by atoms with Gasteiger partial charge in [-0.25, -0.2) is 8.78 Å². The van der Waals surface area contributed by atoms with Gasteiger partial charge in [-0.1, -0.05) is 6.07 Å². The third-order valence-corrected chi connectivity index (χ3v) is 4.03. The molecule has 3 rings (SSSR count). The molecule has 2 aromatic rings. The van der Waals surface area contributed by atoms with Crippen molar-refractivity contribution >= 4 is 11.8 Å². The number of nitrogens with zero attached hydrogens (tertiary/aromatic N) is 1. The van der Waals surface area contributed by atoms with Gasteiger partial charge < -0.3 is 14.6 Å². The van der Waals surface area contributed by atoms with Gasteiger partial charge in [0.05, 0.1) is 6.26 Å². The number of benzene rings is 1. The van der Waals surface area contributed by atoms with Crippen LogP contribution in [0.2, 0.25) is 0 Å². The lowest BCUT2D eigenvalue weighted by molar-refractivity contribution is -0.132. The summed E-state index contributed by atoms with van der Waals surface area (Å²) < 4.78 is 31.8. The average Bonchev–Trinajstić information content (AvgIpc) is 3.26. The highest BCUT2D eigenvalue weighted by Gasteiger charge is 2.32. The third kappa shape index (κ3) is 4.43. The molecule has 1 aromatic carbocycles. The summed E-state index contributed by atoms with van der Waals surface area (Å²) in [5.41, 5.74) is 0.279. The van der Waals surface area contributed by atoms with E-state index in [4.69, 9.17) is 4.42 Å². The van der Waals surface area contributed by atoms with Crippen molar-refractivity contribution in [3.05, 3.63) is 59.6 Å². The molecule has 5 nitrogen and oxygen atoms in total. The molecular weight excluding hydrogens is 330 g/mol. The topological polar surface area (TPSA) is 62.6 Å². The monoisotopic (exact) mass is 348 g/mol. The number of carbonyl (C=O) groups excluding carboxylic acids is 2. The van der Waals surface area contributed by atoms with Crippen molar-refractivity contribution in [2.24, 2.45) is 0 Å². The standard InChI is InChI=1S/C18H18F2N2O3/c19-13-4-3-12(15(20)10-13)11-22(14-5-6-14)17(23)7-8-21-18(24)16-2-1-9-25-16/h1-4,9-10,14H,5-8,11H2,(H,21,24). The van der Waals surface area contributed by atoms with E-state index < -0.39 is 11.6 Å². The van der Waals surface area contributed by atoms with Gasteiger partial charge >= 0.3 is 0 Å². The zero-order valence-electron chi connectivity index (χ0n) is 13.5. The molecule has 1 aliphatic carbocycles. The normalized spacial score (nSPS) is 13.5. The van der Waals surface area contributed by atoms with Crippen LogP contribution in [0.5, 0.6) is 0 Å². The maximum atomic E-state index is 13.8. The van der Waals surface area contributed by atoms with E-state index in [1.807, 2.05) is 0 Å². The Morgan fingerprint density at radius 3 is 2.68 bits per heavy atom. The Labute approximate surface area is 143 Å². The highest BCUT2D eigenvalue weighted by atomic mass is 19.1. The molecule has 1 heterocycles. The zero-order chi connectivity index (χ0) is 17.8. The first-order chi connectivity index (χ1) is 12.0. The van der Waals surface area contributed by atoms with E-state index in [2.05, 4.69) is 5.32 Å². The van der Waals surface area contributed by atoms with Gasteiger partial charge in [-0.2, -0.15) is 0 Å². The summed E-state index contributed by atoms with van der Waals surface area (Å²) in [6, 6.07) is 6.56. The summed E-state index contributed by atoms with van der Waals surface area (Å²) in [6.07, 6.45) is 3.23. The van der Waals surface area contributed by atoms with Crippen LogP contribution in [-0.2, 0) is 11.3 Å². The SMILES string of the molecule is O=C(NCCC(=O)N(Cc1ccc(F)cc1F)C1CC1)c1ccco1. The van der Waals surface area contributed by atoms with Gasteiger partial charge in [-0.15, -0.1) is 0 Å². The first-order valence-corrected chi connectivity index (χ1v) is 8.09. The maximum Gasteiger partial charge on any atom is 0.286 e. The fraction of sp³-hybridized carbons (Fsp3) is 0.333.